The minimum atomic E-state index is -0.748. The Bertz CT molecular complexity index is 861. The number of aliphatic hydroxyl groups is 1. The normalized spacial score (nSPS) is 24.1. The summed E-state index contributed by atoms with van der Waals surface area (Å²) in [6.07, 6.45) is 4.14. The van der Waals surface area contributed by atoms with Gasteiger partial charge >= 0.3 is 0 Å². The first-order valence-corrected chi connectivity index (χ1v) is 9.95. The quantitative estimate of drug-likeness (QED) is 0.757. The zero-order valence-corrected chi connectivity index (χ0v) is 17.1. The van der Waals surface area contributed by atoms with Crippen molar-refractivity contribution in [3.8, 4) is 17.6 Å². The molecule has 1 spiro atoms. The van der Waals surface area contributed by atoms with Crippen LogP contribution in [0.2, 0.25) is 0 Å². The Kier molecular flexibility index (Phi) is 6.00. The Labute approximate surface area is 167 Å². The lowest BCUT2D eigenvalue weighted by molar-refractivity contribution is -0.117. The highest BCUT2D eigenvalue weighted by atomic mass is 16.5. The van der Waals surface area contributed by atoms with E-state index in [0.29, 0.717) is 36.3 Å². The van der Waals surface area contributed by atoms with Gasteiger partial charge in [0.1, 0.15) is 17.0 Å². The fourth-order valence-corrected chi connectivity index (χ4v) is 4.35. The lowest BCUT2D eigenvalue weighted by Gasteiger charge is -2.37. The van der Waals surface area contributed by atoms with Gasteiger partial charge < -0.3 is 19.9 Å². The fraction of sp³-hybridized carbons (Fsp3) is 0.522. The van der Waals surface area contributed by atoms with Crippen LogP contribution in [0.15, 0.2) is 17.9 Å². The summed E-state index contributed by atoms with van der Waals surface area (Å²) in [6, 6.07) is 3.73. The Morgan fingerprint density at radius 3 is 2.86 bits per heavy atom. The molecule has 2 N–H and O–H groups in total. The average Bonchev–Trinajstić information content (AvgIpc) is 2.89. The van der Waals surface area contributed by atoms with Crippen LogP contribution in [0.1, 0.15) is 62.6 Å². The van der Waals surface area contributed by atoms with Gasteiger partial charge in [0, 0.05) is 24.2 Å². The number of amides is 1. The standard InChI is InChI=1S/C23H29NO4/c1-5-8-16-12-15(3)19(18(13-16)27-4)20-21(25)23(24-22(20)26)10-7-9-17(14-23)28-11-6-2/h12-13,17,25H,6-7,9-11,14H2,1-4H3,(H,24,26). The van der Waals surface area contributed by atoms with Crippen molar-refractivity contribution in [3.05, 3.63) is 34.6 Å². The Balaban J connectivity index is 2.04. The van der Waals surface area contributed by atoms with Gasteiger partial charge in [0.2, 0.25) is 0 Å². The Hall–Kier alpha value is -2.45. The molecule has 0 bridgehead atoms. The highest BCUT2D eigenvalue weighted by Crippen LogP contribution is 2.44. The second-order valence-corrected chi connectivity index (χ2v) is 7.59. The number of carbonyl (C=O) groups is 1. The zero-order chi connectivity index (χ0) is 20.3. The van der Waals surface area contributed by atoms with Gasteiger partial charge in [0.25, 0.3) is 5.91 Å². The molecule has 1 heterocycles. The molecule has 2 unspecified atom stereocenters. The third kappa shape index (κ3) is 3.62. The van der Waals surface area contributed by atoms with Crippen molar-refractivity contribution in [2.45, 2.75) is 64.5 Å². The van der Waals surface area contributed by atoms with Gasteiger partial charge in [-0.05, 0) is 57.2 Å². The molecule has 5 heteroatoms. The van der Waals surface area contributed by atoms with E-state index >= 15 is 0 Å². The van der Waals surface area contributed by atoms with Crippen LogP contribution in [0.5, 0.6) is 5.75 Å². The van der Waals surface area contributed by atoms with Gasteiger partial charge in [-0.1, -0.05) is 12.8 Å². The predicted octanol–water partition coefficient (Wildman–Crippen LogP) is 3.88. The molecule has 3 rings (SSSR count). The average molecular weight is 383 g/mol. The van der Waals surface area contributed by atoms with Crippen LogP contribution in [0.4, 0.5) is 0 Å². The predicted molar refractivity (Wildman–Crippen MR) is 109 cm³/mol. The summed E-state index contributed by atoms with van der Waals surface area (Å²) in [5, 5.41) is 14.3. The number of nitrogens with one attached hydrogen (secondary N) is 1. The summed E-state index contributed by atoms with van der Waals surface area (Å²) in [4.78, 5) is 13.0. The molecule has 2 aliphatic rings. The number of aryl methyl sites for hydroxylation is 1. The van der Waals surface area contributed by atoms with E-state index in [2.05, 4.69) is 24.1 Å². The van der Waals surface area contributed by atoms with Gasteiger partial charge in [0.05, 0.1) is 18.8 Å². The van der Waals surface area contributed by atoms with E-state index in [1.165, 1.54) is 0 Å². The molecule has 150 valence electrons. The molecule has 1 fully saturated rings. The van der Waals surface area contributed by atoms with Crippen LogP contribution in [-0.2, 0) is 9.53 Å². The topological polar surface area (TPSA) is 67.8 Å². The molecule has 1 aliphatic heterocycles. The van der Waals surface area contributed by atoms with Crippen LogP contribution in [-0.4, -0.2) is 36.4 Å². The van der Waals surface area contributed by atoms with Crippen molar-refractivity contribution in [3.63, 3.8) is 0 Å². The second-order valence-electron chi connectivity index (χ2n) is 7.59. The maximum atomic E-state index is 13.0. The summed E-state index contributed by atoms with van der Waals surface area (Å²) in [5.41, 5.74) is 1.86. The third-order valence-electron chi connectivity index (χ3n) is 5.57. The first-order valence-electron chi connectivity index (χ1n) is 9.95. The number of aliphatic hydroxyl groups excluding tert-OH is 1. The van der Waals surface area contributed by atoms with Crippen LogP contribution in [0.25, 0.3) is 5.57 Å². The van der Waals surface area contributed by atoms with Gasteiger partial charge in [0.15, 0.2) is 0 Å². The van der Waals surface area contributed by atoms with Crippen molar-refractivity contribution >= 4 is 11.5 Å². The number of hydrogen-bond donors (Lipinski definition) is 2. The van der Waals surface area contributed by atoms with Crippen LogP contribution in [0.3, 0.4) is 0 Å². The first-order chi connectivity index (χ1) is 13.5. The third-order valence-corrected chi connectivity index (χ3v) is 5.57. The highest BCUT2D eigenvalue weighted by Gasteiger charge is 2.49. The Morgan fingerprint density at radius 2 is 2.18 bits per heavy atom. The van der Waals surface area contributed by atoms with Crippen molar-refractivity contribution in [2.24, 2.45) is 0 Å². The van der Waals surface area contributed by atoms with E-state index in [0.717, 1.165) is 30.4 Å². The molecule has 28 heavy (non-hydrogen) atoms. The summed E-state index contributed by atoms with van der Waals surface area (Å²) in [6.45, 7) is 6.45. The molecule has 1 aromatic carbocycles. The smallest absolute Gasteiger partial charge is 0.256 e. The molecular formula is C23H29NO4. The fourth-order valence-electron chi connectivity index (χ4n) is 4.35. The Morgan fingerprint density at radius 1 is 1.39 bits per heavy atom. The number of hydrogen-bond acceptors (Lipinski definition) is 4. The summed E-state index contributed by atoms with van der Waals surface area (Å²) >= 11 is 0. The van der Waals surface area contributed by atoms with E-state index in [4.69, 9.17) is 9.47 Å². The number of methoxy groups -OCH3 is 1. The molecule has 1 amide bonds. The van der Waals surface area contributed by atoms with Crippen LogP contribution in [0, 0.1) is 18.8 Å². The van der Waals surface area contributed by atoms with Gasteiger partial charge in [-0.25, -0.2) is 0 Å². The monoisotopic (exact) mass is 383 g/mol. The van der Waals surface area contributed by atoms with E-state index in [1.54, 1.807) is 14.0 Å². The van der Waals surface area contributed by atoms with Crippen molar-refractivity contribution < 1.29 is 19.4 Å². The zero-order valence-electron chi connectivity index (χ0n) is 17.1. The second kappa shape index (κ2) is 8.28. The minimum Gasteiger partial charge on any atom is -0.509 e. The van der Waals surface area contributed by atoms with E-state index in [1.807, 2.05) is 19.1 Å². The molecular weight excluding hydrogens is 354 g/mol. The number of ether oxygens (including phenoxy) is 2. The first kappa shape index (κ1) is 20.3. The summed E-state index contributed by atoms with van der Waals surface area (Å²) < 4.78 is 11.5. The number of rotatable bonds is 5. The van der Waals surface area contributed by atoms with E-state index < -0.39 is 5.54 Å². The molecule has 0 aromatic heterocycles. The highest BCUT2D eigenvalue weighted by molar-refractivity contribution is 6.24. The SMILES string of the molecule is CC#Cc1cc(C)c(C2=C(O)C3(CCCC(OCCC)C3)NC2=O)c(OC)c1. The van der Waals surface area contributed by atoms with E-state index in [9.17, 15) is 9.90 Å². The molecule has 5 nitrogen and oxygen atoms in total. The minimum absolute atomic E-state index is 0.0423. The maximum absolute atomic E-state index is 13.0. The molecule has 1 aliphatic carbocycles. The molecule has 2 atom stereocenters. The van der Waals surface area contributed by atoms with Gasteiger partial charge in [-0.3, -0.25) is 4.79 Å². The molecule has 1 aromatic rings. The molecule has 1 saturated carbocycles. The van der Waals surface area contributed by atoms with Gasteiger partial charge in [-0.2, -0.15) is 0 Å². The van der Waals surface area contributed by atoms with Crippen molar-refractivity contribution in [1.29, 1.82) is 0 Å². The van der Waals surface area contributed by atoms with Crippen molar-refractivity contribution in [1.82, 2.24) is 5.32 Å². The van der Waals surface area contributed by atoms with Crippen LogP contribution >= 0.6 is 0 Å². The number of carbonyl (C=O) groups excluding carboxylic acids is 1. The molecule has 0 radical (unpaired) electrons. The van der Waals surface area contributed by atoms with E-state index in [-0.39, 0.29) is 17.8 Å². The maximum Gasteiger partial charge on any atom is 0.256 e. The van der Waals surface area contributed by atoms with Crippen molar-refractivity contribution in [2.75, 3.05) is 13.7 Å². The largest absolute Gasteiger partial charge is 0.509 e. The number of benzene rings is 1. The molecule has 0 saturated heterocycles. The summed E-state index contributed by atoms with van der Waals surface area (Å²) in [5.74, 6) is 6.29. The lowest BCUT2D eigenvalue weighted by atomic mass is 9.78. The van der Waals surface area contributed by atoms with Crippen LogP contribution < -0.4 is 10.1 Å². The summed E-state index contributed by atoms with van der Waals surface area (Å²) in [7, 11) is 1.57. The lowest BCUT2D eigenvalue weighted by Crippen LogP contribution is -2.49. The van der Waals surface area contributed by atoms with Gasteiger partial charge in [-0.15, -0.1) is 5.92 Å².